The Bertz CT molecular complexity index is 206. The van der Waals surface area contributed by atoms with Crippen molar-refractivity contribution in [3.63, 3.8) is 0 Å². The number of rotatable bonds is 2. The maximum absolute atomic E-state index is 5.55. The molecule has 0 aromatic heterocycles. The van der Waals surface area contributed by atoms with Crippen molar-refractivity contribution in [2.75, 3.05) is 32.8 Å². The molecule has 1 unspecified atom stereocenters. The van der Waals surface area contributed by atoms with Crippen molar-refractivity contribution in [3.8, 4) is 0 Å². The predicted molar refractivity (Wildman–Crippen MR) is 58.4 cm³/mol. The van der Waals surface area contributed by atoms with Crippen molar-refractivity contribution in [1.29, 1.82) is 0 Å². The van der Waals surface area contributed by atoms with E-state index in [0.29, 0.717) is 5.41 Å². The molecular formula is C12H21NO. The Labute approximate surface area is 86.9 Å². The Kier molecular flexibility index (Phi) is 3.24. The lowest BCUT2D eigenvalue weighted by molar-refractivity contribution is 0.0750. The quantitative estimate of drug-likeness (QED) is 0.625. The summed E-state index contributed by atoms with van der Waals surface area (Å²) in [6, 6.07) is 0. The van der Waals surface area contributed by atoms with Gasteiger partial charge < -0.3 is 4.74 Å². The van der Waals surface area contributed by atoms with Gasteiger partial charge in [0.05, 0.1) is 6.61 Å². The molecule has 2 nitrogen and oxygen atoms in total. The number of hydrogen-bond donors (Lipinski definition) is 0. The lowest BCUT2D eigenvalue weighted by atomic mass is 9.79. The molecule has 1 spiro atoms. The van der Waals surface area contributed by atoms with Gasteiger partial charge in [-0.15, -0.1) is 0 Å². The first kappa shape index (κ1) is 10.2. The molecule has 2 heteroatoms. The van der Waals surface area contributed by atoms with Crippen LogP contribution >= 0.6 is 0 Å². The van der Waals surface area contributed by atoms with E-state index in [-0.39, 0.29) is 0 Å². The van der Waals surface area contributed by atoms with E-state index in [1.165, 1.54) is 32.4 Å². The molecule has 2 heterocycles. The molecule has 2 rings (SSSR count). The van der Waals surface area contributed by atoms with Gasteiger partial charge in [-0.25, -0.2) is 0 Å². The highest BCUT2D eigenvalue weighted by Gasteiger charge is 2.38. The van der Waals surface area contributed by atoms with Crippen LogP contribution in [-0.4, -0.2) is 37.7 Å². The van der Waals surface area contributed by atoms with Crippen LogP contribution in [-0.2, 0) is 4.74 Å². The summed E-state index contributed by atoms with van der Waals surface area (Å²) in [5, 5.41) is 0. The molecule has 2 aliphatic rings. The summed E-state index contributed by atoms with van der Waals surface area (Å²) >= 11 is 0. The van der Waals surface area contributed by atoms with Crippen LogP contribution < -0.4 is 0 Å². The standard InChI is InChI=1S/C12H21NO/c1-2-3-7-13-8-4-5-12(10-13)6-9-14-11-12/h2-3H,4-11H2,1H3/b3-2+. The molecule has 0 bridgehead atoms. The Morgan fingerprint density at radius 3 is 3.07 bits per heavy atom. The molecule has 0 aliphatic carbocycles. The number of likely N-dealkylation sites (tertiary alicyclic amines) is 1. The number of nitrogens with zero attached hydrogens (tertiary/aromatic N) is 1. The van der Waals surface area contributed by atoms with E-state index in [0.717, 1.165) is 19.8 Å². The lowest BCUT2D eigenvalue weighted by Crippen LogP contribution is -2.43. The van der Waals surface area contributed by atoms with Crippen LogP contribution in [0.1, 0.15) is 26.2 Å². The van der Waals surface area contributed by atoms with Gasteiger partial charge in [-0.05, 0) is 32.7 Å². The highest BCUT2D eigenvalue weighted by atomic mass is 16.5. The fourth-order valence-corrected chi connectivity index (χ4v) is 2.69. The molecule has 0 amide bonds. The monoisotopic (exact) mass is 195 g/mol. The lowest BCUT2D eigenvalue weighted by Gasteiger charge is -2.39. The second-order valence-electron chi connectivity index (χ2n) is 4.71. The highest BCUT2D eigenvalue weighted by Crippen LogP contribution is 2.37. The van der Waals surface area contributed by atoms with E-state index in [9.17, 15) is 0 Å². The fraction of sp³-hybridized carbons (Fsp3) is 0.833. The van der Waals surface area contributed by atoms with E-state index < -0.39 is 0 Å². The first-order valence-corrected chi connectivity index (χ1v) is 5.76. The van der Waals surface area contributed by atoms with E-state index in [1.54, 1.807) is 0 Å². The van der Waals surface area contributed by atoms with Crippen molar-refractivity contribution in [2.24, 2.45) is 5.41 Å². The number of allylic oxidation sites excluding steroid dienone is 1. The molecule has 14 heavy (non-hydrogen) atoms. The summed E-state index contributed by atoms with van der Waals surface area (Å²) in [4.78, 5) is 2.57. The van der Waals surface area contributed by atoms with Crippen LogP contribution in [0.25, 0.3) is 0 Å². The minimum atomic E-state index is 0.514. The summed E-state index contributed by atoms with van der Waals surface area (Å²) < 4.78 is 5.55. The Balaban J connectivity index is 1.89. The third kappa shape index (κ3) is 2.18. The van der Waals surface area contributed by atoms with Crippen LogP contribution in [0.5, 0.6) is 0 Å². The molecule has 2 fully saturated rings. The second-order valence-corrected chi connectivity index (χ2v) is 4.71. The minimum Gasteiger partial charge on any atom is -0.381 e. The molecule has 2 aliphatic heterocycles. The van der Waals surface area contributed by atoms with Gasteiger partial charge in [0, 0.05) is 25.1 Å². The van der Waals surface area contributed by atoms with Crippen LogP contribution in [0.2, 0.25) is 0 Å². The number of ether oxygens (including phenoxy) is 1. The summed E-state index contributed by atoms with van der Waals surface area (Å²) in [6.07, 6.45) is 8.40. The molecule has 2 saturated heterocycles. The third-order valence-electron chi connectivity index (χ3n) is 3.52. The summed E-state index contributed by atoms with van der Waals surface area (Å²) in [5.74, 6) is 0. The first-order chi connectivity index (χ1) is 6.85. The maximum atomic E-state index is 5.55. The zero-order valence-electron chi connectivity index (χ0n) is 9.17. The Morgan fingerprint density at radius 2 is 2.36 bits per heavy atom. The average Bonchev–Trinajstić information content (AvgIpc) is 2.63. The smallest absolute Gasteiger partial charge is 0.0535 e. The second kappa shape index (κ2) is 4.45. The predicted octanol–water partition coefficient (Wildman–Crippen LogP) is 2.06. The molecule has 0 aromatic rings. The van der Waals surface area contributed by atoms with E-state index in [1.807, 2.05) is 0 Å². The molecule has 1 atom stereocenters. The zero-order chi connectivity index (χ0) is 9.86. The van der Waals surface area contributed by atoms with Crippen LogP contribution in [0, 0.1) is 5.41 Å². The van der Waals surface area contributed by atoms with Crippen molar-refractivity contribution in [3.05, 3.63) is 12.2 Å². The van der Waals surface area contributed by atoms with Gasteiger partial charge in [0.25, 0.3) is 0 Å². The van der Waals surface area contributed by atoms with Gasteiger partial charge in [0.2, 0.25) is 0 Å². The molecular weight excluding hydrogens is 174 g/mol. The highest BCUT2D eigenvalue weighted by molar-refractivity contribution is 4.92. The van der Waals surface area contributed by atoms with Crippen molar-refractivity contribution < 1.29 is 4.74 Å². The largest absolute Gasteiger partial charge is 0.381 e. The SMILES string of the molecule is C/C=C/CN1CCCC2(CCOC2)C1. The van der Waals surface area contributed by atoms with Crippen LogP contribution in [0.15, 0.2) is 12.2 Å². The van der Waals surface area contributed by atoms with Gasteiger partial charge in [-0.3, -0.25) is 4.90 Å². The van der Waals surface area contributed by atoms with E-state index >= 15 is 0 Å². The van der Waals surface area contributed by atoms with Gasteiger partial charge >= 0.3 is 0 Å². The summed E-state index contributed by atoms with van der Waals surface area (Å²) in [7, 11) is 0. The van der Waals surface area contributed by atoms with Crippen LogP contribution in [0.3, 0.4) is 0 Å². The van der Waals surface area contributed by atoms with Gasteiger partial charge in [-0.1, -0.05) is 12.2 Å². The summed E-state index contributed by atoms with van der Waals surface area (Å²) in [6.45, 7) is 7.72. The minimum absolute atomic E-state index is 0.514. The normalized spacial score (nSPS) is 34.6. The van der Waals surface area contributed by atoms with E-state index in [4.69, 9.17) is 4.74 Å². The van der Waals surface area contributed by atoms with Crippen molar-refractivity contribution in [1.82, 2.24) is 4.90 Å². The molecule has 0 radical (unpaired) electrons. The van der Waals surface area contributed by atoms with E-state index in [2.05, 4.69) is 24.0 Å². The van der Waals surface area contributed by atoms with Gasteiger partial charge in [0.15, 0.2) is 0 Å². The first-order valence-electron chi connectivity index (χ1n) is 5.76. The number of piperidine rings is 1. The van der Waals surface area contributed by atoms with Gasteiger partial charge in [0.1, 0.15) is 0 Å². The Hall–Kier alpha value is -0.340. The van der Waals surface area contributed by atoms with Crippen LogP contribution in [0.4, 0.5) is 0 Å². The summed E-state index contributed by atoms with van der Waals surface area (Å²) in [5.41, 5.74) is 0.514. The molecule has 0 aromatic carbocycles. The van der Waals surface area contributed by atoms with Crippen molar-refractivity contribution >= 4 is 0 Å². The van der Waals surface area contributed by atoms with Gasteiger partial charge in [-0.2, -0.15) is 0 Å². The third-order valence-corrected chi connectivity index (χ3v) is 3.52. The maximum Gasteiger partial charge on any atom is 0.0535 e. The topological polar surface area (TPSA) is 12.5 Å². The number of hydrogen-bond acceptors (Lipinski definition) is 2. The molecule has 0 saturated carbocycles. The van der Waals surface area contributed by atoms with Crippen molar-refractivity contribution in [2.45, 2.75) is 26.2 Å². The fourth-order valence-electron chi connectivity index (χ4n) is 2.69. The molecule has 0 N–H and O–H groups in total. The molecule has 80 valence electrons. The average molecular weight is 195 g/mol. The zero-order valence-corrected chi connectivity index (χ0v) is 9.17. The Morgan fingerprint density at radius 1 is 1.43 bits per heavy atom.